The van der Waals surface area contributed by atoms with Crippen molar-refractivity contribution in [3.05, 3.63) is 36.2 Å². The van der Waals surface area contributed by atoms with Crippen molar-refractivity contribution in [3.8, 4) is 6.07 Å². The normalized spacial score (nSPS) is 11.1. The maximum atomic E-state index is 11.9. The fourth-order valence-electron chi connectivity index (χ4n) is 1.29. The molecule has 8 nitrogen and oxygen atoms in total. The highest BCUT2D eigenvalue weighted by atomic mass is 32.2. The number of aromatic nitrogens is 3. The van der Waals surface area contributed by atoms with Crippen LogP contribution in [0.3, 0.4) is 0 Å². The predicted molar refractivity (Wildman–Crippen MR) is 62.1 cm³/mol. The fraction of sp³-hybridized carbons (Fsp3) is 0.200. The Labute approximate surface area is 109 Å². The van der Waals surface area contributed by atoms with E-state index in [2.05, 4.69) is 19.8 Å². The van der Waals surface area contributed by atoms with Gasteiger partial charge in [-0.15, -0.1) is 0 Å². The van der Waals surface area contributed by atoms with Crippen molar-refractivity contribution in [1.29, 1.82) is 5.26 Å². The number of nitriles is 1. The molecule has 0 aliphatic heterocycles. The number of nitrogens with one attached hydrogen (secondary N) is 1. The number of sulfonamides is 1. The first-order valence-corrected chi connectivity index (χ1v) is 6.71. The minimum Gasteiger partial charge on any atom is -0.340 e. The first-order valence-electron chi connectivity index (χ1n) is 5.23. The Hall–Kier alpha value is -2.31. The zero-order chi connectivity index (χ0) is 13.7. The highest BCUT2D eigenvalue weighted by Gasteiger charge is 2.14. The van der Waals surface area contributed by atoms with Crippen molar-refractivity contribution in [2.45, 2.75) is 11.3 Å². The van der Waals surface area contributed by atoms with Crippen LogP contribution in [0.5, 0.6) is 0 Å². The van der Waals surface area contributed by atoms with E-state index in [9.17, 15) is 8.42 Å². The standard InChI is InChI=1S/C10H9N5O3S/c11-5-8-1-2-9(6-12-8)19(16,17)15-4-3-10-13-7-14-18-10/h1-2,6-7,15H,3-4H2. The van der Waals surface area contributed by atoms with Gasteiger partial charge in [-0.05, 0) is 12.1 Å². The molecule has 0 bridgehead atoms. The summed E-state index contributed by atoms with van der Waals surface area (Å²) >= 11 is 0. The molecule has 1 N–H and O–H groups in total. The molecule has 2 aromatic rings. The first-order chi connectivity index (χ1) is 9.12. The second-order valence-electron chi connectivity index (χ2n) is 3.47. The summed E-state index contributed by atoms with van der Waals surface area (Å²) in [6.45, 7) is 0.129. The van der Waals surface area contributed by atoms with E-state index in [1.807, 2.05) is 6.07 Å². The molecule has 0 atom stereocenters. The van der Waals surface area contributed by atoms with Gasteiger partial charge in [0, 0.05) is 19.2 Å². The maximum Gasteiger partial charge on any atom is 0.242 e. The Morgan fingerprint density at radius 2 is 2.21 bits per heavy atom. The smallest absolute Gasteiger partial charge is 0.242 e. The number of rotatable bonds is 5. The summed E-state index contributed by atoms with van der Waals surface area (Å²) in [6.07, 6.45) is 2.67. The van der Waals surface area contributed by atoms with E-state index < -0.39 is 10.0 Å². The molecular formula is C10H9N5O3S. The van der Waals surface area contributed by atoms with Gasteiger partial charge in [0.1, 0.15) is 16.7 Å². The largest absolute Gasteiger partial charge is 0.340 e. The van der Waals surface area contributed by atoms with E-state index in [-0.39, 0.29) is 17.1 Å². The van der Waals surface area contributed by atoms with Crippen LogP contribution in [-0.4, -0.2) is 30.1 Å². The van der Waals surface area contributed by atoms with Gasteiger partial charge in [-0.25, -0.2) is 18.1 Å². The summed E-state index contributed by atoms with van der Waals surface area (Å²) in [5.41, 5.74) is 0.157. The van der Waals surface area contributed by atoms with Crippen molar-refractivity contribution >= 4 is 10.0 Å². The number of hydrogen-bond donors (Lipinski definition) is 1. The zero-order valence-electron chi connectivity index (χ0n) is 9.65. The Kier molecular flexibility index (Phi) is 3.84. The van der Waals surface area contributed by atoms with Crippen LogP contribution < -0.4 is 4.72 Å². The predicted octanol–water partition coefficient (Wildman–Crippen LogP) is -0.143. The molecule has 9 heteroatoms. The zero-order valence-corrected chi connectivity index (χ0v) is 10.5. The van der Waals surface area contributed by atoms with E-state index in [1.54, 1.807) is 0 Å². The number of nitrogens with zero attached hydrogens (tertiary/aromatic N) is 4. The minimum atomic E-state index is -3.65. The molecule has 0 spiro atoms. The van der Waals surface area contributed by atoms with Gasteiger partial charge in [0.05, 0.1) is 0 Å². The second-order valence-corrected chi connectivity index (χ2v) is 5.24. The third kappa shape index (κ3) is 3.34. The van der Waals surface area contributed by atoms with Crippen LogP contribution in [0.15, 0.2) is 34.1 Å². The fourth-order valence-corrected chi connectivity index (χ4v) is 2.26. The van der Waals surface area contributed by atoms with Gasteiger partial charge in [0.15, 0.2) is 6.33 Å². The average Bonchev–Trinajstić information content (AvgIpc) is 2.92. The van der Waals surface area contributed by atoms with E-state index in [0.29, 0.717) is 12.3 Å². The molecule has 0 aromatic carbocycles. The summed E-state index contributed by atoms with van der Waals surface area (Å²) in [5.74, 6) is 0.348. The van der Waals surface area contributed by atoms with E-state index in [0.717, 1.165) is 6.20 Å². The molecule has 0 radical (unpaired) electrons. The van der Waals surface area contributed by atoms with Gasteiger partial charge < -0.3 is 4.52 Å². The molecule has 2 rings (SSSR count). The van der Waals surface area contributed by atoms with Crippen LogP contribution in [-0.2, 0) is 16.4 Å². The number of pyridine rings is 1. The third-order valence-electron chi connectivity index (χ3n) is 2.20. The van der Waals surface area contributed by atoms with Crippen molar-refractivity contribution in [1.82, 2.24) is 19.8 Å². The molecule has 98 valence electrons. The summed E-state index contributed by atoms with van der Waals surface area (Å²) in [6, 6.07) is 4.47. The van der Waals surface area contributed by atoms with Crippen LogP contribution in [0.2, 0.25) is 0 Å². The van der Waals surface area contributed by atoms with Crippen molar-refractivity contribution in [2.24, 2.45) is 0 Å². The van der Waals surface area contributed by atoms with E-state index >= 15 is 0 Å². The molecule has 0 aliphatic rings. The van der Waals surface area contributed by atoms with Crippen LogP contribution in [0, 0.1) is 11.3 Å². The van der Waals surface area contributed by atoms with Gasteiger partial charge in [0.25, 0.3) is 0 Å². The quantitative estimate of drug-likeness (QED) is 0.807. The van der Waals surface area contributed by atoms with Gasteiger partial charge in [-0.3, -0.25) is 0 Å². The van der Waals surface area contributed by atoms with Crippen LogP contribution in [0.25, 0.3) is 0 Å². The topological polar surface area (TPSA) is 122 Å². The van der Waals surface area contributed by atoms with Gasteiger partial charge >= 0.3 is 0 Å². The molecule has 0 aliphatic carbocycles. The third-order valence-corrected chi connectivity index (χ3v) is 3.65. The Morgan fingerprint density at radius 3 is 2.79 bits per heavy atom. The molecule has 2 heterocycles. The summed E-state index contributed by atoms with van der Waals surface area (Å²) in [7, 11) is -3.65. The Balaban J connectivity index is 1.99. The van der Waals surface area contributed by atoms with E-state index in [4.69, 9.17) is 9.78 Å². The van der Waals surface area contributed by atoms with Crippen LogP contribution >= 0.6 is 0 Å². The Morgan fingerprint density at radius 1 is 1.37 bits per heavy atom. The number of hydrogen-bond acceptors (Lipinski definition) is 7. The molecule has 0 amide bonds. The molecule has 0 fully saturated rings. The highest BCUT2D eigenvalue weighted by molar-refractivity contribution is 7.89. The Bertz CT molecular complexity index is 673. The molecule has 0 saturated heterocycles. The summed E-state index contributed by atoms with van der Waals surface area (Å²) in [5, 5.41) is 12.0. The van der Waals surface area contributed by atoms with Gasteiger partial charge in [-0.2, -0.15) is 10.2 Å². The summed E-state index contributed by atoms with van der Waals surface area (Å²) < 4.78 is 30.8. The molecule has 0 saturated carbocycles. The monoisotopic (exact) mass is 279 g/mol. The van der Waals surface area contributed by atoms with Crippen LogP contribution in [0.4, 0.5) is 0 Å². The minimum absolute atomic E-state index is 0.00275. The molecule has 19 heavy (non-hydrogen) atoms. The average molecular weight is 279 g/mol. The highest BCUT2D eigenvalue weighted by Crippen LogP contribution is 2.07. The lowest BCUT2D eigenvalue weighted by molar-refractivity contribution is 0.377. The second kappa shape index (κ2) is 5.55. The SMILES string of the molecule is N#Cc1ccc(S(=O)(=O)NCCc2ncno2)cn1. The molecule has 0 unspecified atom stereocenters. The maximum absolute atomic E-state index is 11.9. The van der Waals surface area contributed by atoms with Crippen molar-refractivity contribution in [2.75, 3.05) is 6.54 Å². The van der Waals surface area contributed by atoms with Gasteiger partial charge in [-0.1, -0.05) is 5.16 Å². The van der Waals surface area contributed by atoms with Crippen molar-refractivity contribution in [3.63, 3.8) is 0 Å². The van der Waals surface area contributed by atoms with Gasteiger partial charge in [0.2, 0.25) is 15.9 Å². The first kappa shape index (κ1) is 13.1. The molecule has 2 aromatic heterocycles. The van der Waals surface area contributed by atoms with Crippen LogP contribution in [0.1, 0.15) is 11.6 Å². The lowest BCUT2D eigenvalue weighted by Gasteiger charge is -2.04. The molecular weight excluding hydrogens is 270 g/mol. The van der Waals surface area contributed by atoms with Crippen molar-refractivity contribution < 1.29 is 12.9 Å². The van der Waals surface area contributed by atoms with E-state index in [1.165, 1.54) is 18.5 Å². The lowest BCUT2D eigenvalue weighted by atomic mass is 10.4. The summed E-state index contributed by atoms with van der Waals surface area (Å²) in [4.78, 5) is 7.47. The lowest BCUT2D eigenvalue weighted by Crippen LogP contribution is -2.26.